The quantitative estimate of drug-likeness (QED) is 0.640. The summed E-state index contributed by atoms with van der Waals surface area (Å²) in [6.07, 6.45) is 4.78. The van der Waals surface area contributed by atoms with Crippen molar-refractivity contribution in [2.75, 3.05) is 27.3 Å². The molecule has 1 saturated carbocycles. The number of hydrogen-bond donors (Lipinski definition) is 1. The van der Waals surface area contributed by atoms with Gasteiger partial charge in [-0.1, -0.05) is 18.9 Å². The minimum absolute atomic E-state index is 0.121. The first-order valence-electron chi connectivity index (χ1n) is 7.06. The number of nitriles is 1. The highest BCUT2D eigenvalue weighted by molar-refractivity contribution is 5.45. The first kappa shape index (κ1) is 14.7. The molecule has 1 aromatic rings. The number of benzene rings is 1. The lowest BCUT2D eigenvalue weighted by Crippen LogP contribution is -2.36. The van der Waals surface area contributed by atoms with Crippen LogP contribution >= 0.6 is 0 Å². The smallest absolute Gasteiger partial charge is 0.161 e. The summed E-state index contributed by atoms with van der Waals surface area (Å²) in [5.74, 6) is 1.53. The van der Waals surface area contributed by atoms with E-state index in [0.29, 0.717) is 6.54 Å². The average molecular weight is 274 g/mol. The Morgan fingerprint density at radius 1 is 1.20 bits per heavy atom. The van der Waals surface area contributed by atoms with E-state index in [9.17, 15) is 0 Å². The molecule has 108 valence electrons. The zero-order valence-electron chi connectivity index (χ0n) is 12.2. The summed E-state index contributed by atoms with van der Waals surface area (Å²) in [6, 6.07) is 8.32. The summed E-state index contributed by atoms with van der Waals surface area (Å²) >= 11 is 0. The van der Waals surface area contributed by atoms with Crippen LogP contribution < -0.4 is 14.8 Å². The first-order chi connectivity index (χ1) is 9.75. The lowest BCUT2D eigenvalue weighted by molar-refractivity contribution is 0.351. The van der Waals surface area contributed by atoms with Crippen molar-refractivity contribution >= 4 is 0 Å². The molecule has 0 amide bonds. The molecule has 0 heterocycles. The Labute approximate surface area is 120 Å². The summed E-state index contributed by atoms with van der Waals surface area (Å²) in [5.41, 5.74) is 1.40. The molecule has 0 radical (unpaired) electrons. The minimum atomic E-state index is 0.121. The summed E-state index contributed by atoms with van der Waals surface area (Å²) in [5, 5.41) is 11.9. The van der Waals surface area contributed by atoms with Crippen LogP contribution in [0.4, 0.5) is 0 Å². The molecule has 1 aliphatic rings. The van der Waals surface area contributed by atoms with E-state index in [1.165, 1.54) is 18.4 Å². The minimum Gasteiger partial charge on any atom is -0.493 e. The standard InChI is InChI=1S/C16H22N2O2/c1-19-14-6-5-13(11-15(14)20-2)16(7-3-4-8-16)12-18-10-9-17/h5-6,11,18H,3-4,7-8,10,12H2,1-2H3. The molecule has 0 aromatic heterocycles. The molecule has 0 unspecified atom stereocenters. The van der Waals surface area contributed by atoms with Crippen LogP contribution in [0.25, 0.3) is 0 Å². The van der Waals surface area contributed by atoms with Gasteiger partial charge in [0.15, 0.2) is 11.5 Å². The van der Waals surface area contributed by atoms with Crippen molar-refractivity contribution < 1.29 is 9.47 Å². The van der Waals surface area contributed by atoms with E-state index in [2.05, 4.69) is 23.5 Å². The number of rotatable bonds is 6. The topological polar surface area (TPSA) is 54.3 Å². The molecule has 0 atom stereocenters. The molecule has 0 spiro atoms. The zero-order chi connectivity index (χ0) is 14.4. The van der Waals surface area contributed by atoms with E-state index in [4.69, 9.17) is 14.7 Å². The Hall–Kier alpha value is -1.73. The van der Waals surface area contributed by atoms with Gasteiger partial charge in [-0.25, -0.2) is 0 Å². The second kappa shape index (κ2) is 6.62. The SMILES string of the molecule is COc1ccc(C2(CNCC#N)CCCC2)cc1OC. The van der Waals surface area contributed by atoms with Crippen LogP contribution in [-0.2, 0) is 5.41 Å². The van der Waals surface area contributed by atoms with Crippen LogP contribution in [0.15, 0.2) is 18.2 Å². The third kappa shape index (κ3) is 2.88. The first-order valence-corrected chi connectivity index (χ1v) is 7.06. The Morgan fingerprint density at radius 3 is 2.50 bits per heavy atom. The molecule has 2 rings (SSSR count). The molecular weight excluding hydrogens is 252 g/mol. The maximum absolute atomic E-state index is 8.70. The van der Waals surface area contributed by atoms with E-state index >= 15 is 0 Å². The van der Waals surface area contributed by atoms with Gasteiger partial charge in [0.05, 0.1) is 26.8 Å². The normalized spacial score (nSPS) is 16.6. The van der Waals surface area contributed by atoms with E-state index in [0.717, 1.165) is 30.9 Å². The van der Waals surface area contributed by atoms with Crippen molar-refractivity contribution in [2.45, 2.75) is 31.1 Å². The largest absolute Gasteiger partial charge is 0.493 e. The summed E-state index contributed by atoms with van der Waals surface area (Å²) in [6.45, 7) is 1.24. The van der Waals surface area contributed by atoms with Gasteiger partial charge in [-0.3, -0.25) is 0 Å². The summed E-state index contributed by atoms with van der Waals surface area (Å²) in [4.78, 5) is 0. The van der Waals surface area contributed by atoms with Gasteiger partial charge in [0.2, 0.25) is 0 Å². The molecule has 0 saturated heterocycles. The maximum atomic E-state index is 8.70. The van der Waals surface area contributed by atoms with Crippen LogP contribution in [0.2, 0.25) is 0 Å². The van der Waals surface area contributed by atoms with Gasteiger partial charge >= 0.3 is 0 Å². The van der Waals surface area contributed by atoms with Crippen LogP contribution in [0.1, 0.15) is 31.2 Å². The van der Waals surface area contributed by atoms with Crippen molar-refractivity contribution in [3.63, 3.8) is 0 Å². The Morgan fingerprint density at radius 2 is 1.90 bits per heavy atom. The third-order valence-electron chi connectivity index (χ3n) is 4.22. The van der Waals surface area contributed by atoms with Crippen LogP contribution in [0.3, 0.4) is 0 Å². The second-order valence-corrected chi connectivity index (χ2v) is 5.32. The molecular formula is C16H22N2O2. The summed E-state index contributed by atoms with van der Waals surface area (Å²) < 4.78 is 10.7. The monoisotopic (exact) mass is 274 g/mol. The van der Waals surface area contributed by atoms with Gasteiger partial charge in [-0.05, 0) is 30.5 Å². The molecule has 1 N–H and O–H groups in total. The highest BCUT2D eigenvalue weighted by Gasteiger charge is 2.35. The fourth-order valence-electron chi connectivity index (χ4n) is 3.14. The predicted molar refractivity (Wildman–Crippen MR) is 78.2 cm³/mol. The number of ether oxygens (including phenoxy) is 2. The van der Waals surface area contributed by atoms with Crippen LogP contribution in [0.5, 0.6) is 11.5 Å². The van der Waals surface area contributed by atoms with E-state index in [1.807, 2.05) is 6.07 Å². The van der Waals surface area contributed by atoms with Gasteiger partial charge in [0.1, 0.15) is 0 Å². The maximum Gasteiger partial charge on any atom is 0.161 e. The van der Waals surface area contributed by atoms with Gasteiger partial charge in [0.25, 0.3) is 0 Å². The van der Waals surface area contributed by atoms with E-state index in [1.54, 1.807) is 14.2 Å². The van der Waals surface area contributed by atoms with E-state index in [-0.39, 0.29) is 5.41 Å². The van der Waals surface area contributed by atoms with Crippen molar-refractivity contribution in [3.05, 3.63) is 23.8 Å². The molecule has 1 aromatic carbocycles. The number of nitrogens with zero attached hydrogens (tertiary/aromatic N) is 1. The number of hydrogen-bond acceptors (Lipinski definition) is 4. The Bertz CT molecular complexity index is 488. The van der Waals surface area contributed by atoms with Gasteiger partial charge in [-0.15, -0.1) is 0 Å². The lowest BCUT2D eigenvalue weighted by atomic mass is 9.78. The summed E-state index contributed by atoms with van der Waals surface area (Å²) in [7, 11) is 3.31. The van der Waals surface area contributed by atoms with E-state index < -0.39 is 0 Å². The molecule has 0 aliphatic heterocycles. The van der Waals surface area contributed by atoms with Crippen molar-refractivity contribution in [3.8, 4) is 17.6 Å². The fraction of sp³-hybridized carbons (Fsp3) is 0.562. The Balaban J connectivity index is 2.27. The van der Waals surface area contributed by atoms with Gasteiger partial charge in [0, 0.05) is 12.0 Å². The second-order valence-electron chi connectivity index (χ2n) is 5.32. The van der Waals surface area contributed by atoms with Crippen molar-refractivity contribution in [1.29, 1.82) is 5.26 Å². The van der Waals surface area contributed by atoms with Crippen molar-refractivity contribution in [1.82, 2.24) is 5.32 Å². The molecule has 4 nitrogen and oxygen atoms in total. The number of methoxy groups -OCH3 is 2. The number of nitrogens with one attached hydrogen (secondary N) is 1. The predicted octanol–water partition coefficient (Wildman–Crippen LogP) is 2.63. The lowest BCUT2D eigenvalue weighted by Gasteiger charge is -2.30. The average Bonchev–Trinajstić information content (AvgIpc) is 2.97. The molecule has 1 aliphatic carbocycles. The highest BCUT2D eigenvalue weighted by Crippen LogP contribution is 2.43. The van der Waals surface area contributed by atoms with Crippen molar-refractivity contribution in [2.24, 2.45) is 0 Å². The van der Waals surface area contributed by atoms with Gasteiger partial charge < -0.3 is 14.8 Å². The highest BCUT2D eigenvalue weighted by atomic mass is 16.5. The molecule has 0 bridgehead atoms. The van der Waals surface area contributed by atoms with Crippen LogP contribution in [-0.4, -0.2) is 27.3 Å². The van der Waals surface area contributed by atoms with Crippen LogP contribution in [0, 0.1) is 11.3 Å². The van der Waals surface area contributed by atoms with Gasteiger partial charge in [-0.2, -0.15) is 5.26 Å². The molecule has 20 heavy (non-hydrogen) atoms. The fourth-order valence-corrected chi connectivity index (χ4v) is 3.14. The Kier molecular flexibility index (Phi) is 4.86. The molecule has 1 fully saturated rings. The molecule has 4 heteroatoms. The zero-order valence-corrected chi connectivity index (χ0v) is 12.2. The third-order valence-corrected chi connectivity index (χ3v) is 4.22.